The van der Waals surface area contributed by atoms with Gasteiger partial charge in [-0.2, -0.15) is 4.98 Å². The van der Waals surface area contributed by atoms with Gasteiger partial charge in [0.05, 0.1) is 24.2 Å². The first kappa shape index (κ1) is 25.8. The monoisotopic (exact) mass is 514 g/mol. The second kappa shape index (κ2) is 9.79. The number of halogens is 2. The molecule has 3 fully saturated rings. The fourth-order valence-electron chi connectivity index (χ4n) is 5.67. The second-order valence-electron chi connectivity index (χ2n) is 11.1. The zero-order valence-electron chi connectivity index (χ0n) is 22.0. The first-order valence-electron chi connectivity index (χ1n) is 13.0. The van der Waals surface area contributed by atoms with Crippen LogP contribution in [0.15, 0.2) is 36.5 Å². The molecule has 3 aliphatic rings. The number of carbonyl (C=O) groups is 1. The number of hydrogen-bond donors (Lipinski definition) is 1. The van der Waals surface area contributed by atoms with Crippen LogP contribution in [0.2, 0.25) is 0 Å². The first-order chi connectivity index (χ1) is 17.6. The van der Waals surface area contributed by atoms with Crippen molar-refractivity contribution in [2.75, 3.05) is 44.0 Å². The van der Waals surface area contributed by atoms with Crippen LogP contribution in [-0.2, 0) is 11.3 Å². The minimum atomic E-state index is -2.73. The zero-order chi connectivity index (χ0) is 26.4. The summed E-state index contributed by atoms with van der Waals surface area (Å²) in [6.07, 6.45) is 3.90. The van der Waals surface area contributed by atoms with E-state index in [1.165, 1.54) is 0 Å². The third kappa shape index (κ3) is 5.27. The summed E-state index contributed by atoms with van der Waals surface area (Å²) in [5.74, 6) is -1.34. The molecule has 1 amide bonds. The number of likely N-dealkylation sites (tertiary alicyclic amines) is 1. The van der Waals surface area contributed by atoms with E-state index in [1.807, 2.05) is 36.1 Å². The van der Waals surface area contributed by atoms with Crippen molar-refractivity contribution < 1.29 is 18.3 Å². The topological polar surface area (TPSA) is 73.8 Å². The van der Waals surface area contributed by atoms with Crippen LogP contribution in [0.1, 0.15) is 50.3 Å². The van der Waals surface area contributed by atoms with Crippen molar-refractivity contribution in [3.8, 4) is 0 Å². The number of hydrogen-bond acceptors (Lipinski definition) is 7. The van der Waals surface area contributed by atoms with Crippen LogP contribution in [0.4, 0.5) is 25.3 Å². The Balaban J connectivity index is 1.21. The van der Waals surface area contributed by atoms with Gasteiger partial charge in [-0.05, 0) is 70.3 Å². The number of ether oxygens (including phenoxy) is 1. The van der Waals surface area contributed by atoms with Crippen molar-refractivity contribution >= 4 is 17.9 Å². The number of nitrogens with zero attached hydrogens (tertiary/aromatic N) is 5. The molecule has 3 heterocycles. The Bertz CT molecular complexity index is 1130. The van der Waals surface area contributed by atoms with Crippen LogP contribution in [0.3, 0.4) is 0 Å². The van der Waals surface area contributed by atoms with E-state index >= 15 is 0 Å². The van der Waals surface area contributed by atoms with Crippen molar-refractivity contribution in [1.29, 1.82) is 0 Å². The minimum absolute atomic E-state index is 0.0928. The zero-order valence-corrected chi connectivity index (χ0v) is 22.0. The molecular weight excluding hydrogens is 478 g/mol. The van der Waals surface area contributed by atoms with Gasteiger partial charge in [-0.1, -0.05) is 24.3 Å². The quantitative estimate of drug-likeness (QED) is 0.554. The van der Waals surface area contributed by atoms with E-state index in [9.17, 15) is 13.6 Å². The largest absolute Gasteiger partial charge is 0.447 e. The Morgan fingerprint density at radius 2 is 1.92 bits per heavy atom. The molecule has 1 aromatic carbocycles. The highest BCUT2D eigenvalue weighted by molar-refractivity contribution is 5.90. The van der Waals surface area contributed by atoms with E-state index in [1.54, 1.807) is 36.2 Å². The minimum Gasteiger partial charge on any atom is -0.447 e. The molecule has 0 spiro atoms. The number of anilines is 2. The van der Waals surface area contributed by atoms with Gasteiger partial charge in [0.25, 0.3) is 5.92 Å². The molecule has 0 radical (unpaired) electrons. The van der Waals surface area contributed by atoms with Crippen LogP contribution in [-0.4, -0.2) is 77.2 Å². The van der Waals surface area contributed by atoms with E-state index in [0.29, 0.717) is 43.8 Å². The lowest BCUT2D eigenvalue weighted by molar-refractivity contribution is -0.119. The highest BCUT2D eigenvalue weighted by Crippen LogP contribution is 2.47. The normalized spacial score (nSPS) is 26.8. The summed E-state index contributed by atoms with van der Waals surface area (Å²) in [5.41, 5.74) is 1.65. The van der Waals surface area contributed by atoms with Gasteiger partial charge in [0, 0.05) is 19.3 Å². The molecule has 10 heteroatoms. The number of nitrogens with one attached hydrogen (secondary N) is 1. The Morgan fingerprint density at radius 1 is 1.19 bits per heavy atom. The predicted molar refractivity (Wildman–Crippen MR) is 138 cm³/mol. The third-order valence-corrected chi connectivity index (χ3v) is 8.00. The van der Waals surface area contributed by atoms with Crippen molar-refractivity contribution in [2.24, 2.45) is 5.92 Å². The number of alkyl halides is 2. The van der Waals surface area contributed by atoms with E-state index < -0.39 is 12.0 Å². The maximum Gasteiger partial charge on any atom is 0.416 e. The van der Waals surface area contributed by atoms with E-state index in [4.69, 9.17) is 4.74 Å². The standard InChI is InChI=1S/C27H36F2N6O2/c1-18(20-7-5-19(6-8-20)15-34-14-12-22(33(3)4)27(28,29)16-34)31-24-30-13-11-23(32-24)35-25(36)37-17-26(35,2)21-9-10-21/h5-8,11,13,18,21-22H,9-10,12,14-17H2,1-4H3,(H,30,31,32)/t18-,22?,26+/m0/s1. The third-order valence-electron chi connectivity index (χ3n) is 8.00. The fourth-order valence-corrected chi connectivity index (χ4v) is 5.67. The molecule has 1 aromatic heterocycles. The number of cyclic esters (lactones) is 1. The molecule has 1 aliphatic carbocycles. The Hall–Kier alpha value is -2.85. The van der Waals surface area contributed by atoms with Gasteiger partial charge in [-0.25, -0.2) is 18.6 Å². The van der Waals surface area contributed by atoms with Crippen LogP contribution in [0.5, 0.6) is 0 Å². The predicted octanol–water partition coefficient (Wildman–Crippen LogP) is 4.55. The molecular formula is C27H36F2N6O2. The lowest BCUT2D eigenvalue weighted by atomic mass is 9.96. The van der Waals surface area contributed by atoms with E-state index in [2.05, 4.69) is 22.2 Å². The summed E-state index contributed by atoms with van der Waals surface area (Å²) < 4.78 is 34.5. The maximum atomic E-state index is 14.6. The maximum absolute atomic E-state index is 14.6. The average molecular weight is 515 g/mol. The van der Waals surface area contributed by atoms with Gasteiger partial charge >= 0.3 is 6.09 Å². The number of rotatable bonds is 8. The lowest BCUT2D eigenvalue weighted by Crippen LogP contribution is -2.56. The van der Waals surface area contributed by atoms with E-state index in [-0.39, 0.29) is 24.2 Å². The van der Waals surface area contributed by atoms with Gasteiger partial charge < -0.3 is 15.0 Å². The average Bonchev–Trinajstić information content (AvgIpc) is 3.65. The van der Waals surface area contributed by atoms with Gasteiger partial charge in [-0.3, -0.25) is 9.80 Å². The molecule has 8 nitrogen and oxygen atoms in total. The molecule has 1 saturated carbocycles. The van der Waals surface area contributed by atoms with Crippen molar-refractivity contribution in [3.63, 3.8) is 0 Å². The van der Waals surface area contributed by atoms with Gasteiger partial charge in [0.15, 0.2) is 0 Å². The highest BCUT2D eigenvalue weighted by atomic mass is 19.3. The number of piperidine rings is 1. The molecule has 1 N–H and O–H groups in total. The molecule has 200 valence electrons. The summed E-state index contributed by atoms with van der Waals surface area (Å²) in [4.78, 5) is 26.6. The van der Waals surface area contributed by atoms with Crippen LogP contribution in [0, 0.1) is 5.92 Å². The van der Waals surface area contributed by atoms with Gasteiger partial charge in [0.2, 0.25) is 5.95 Å². The molecule has 1 unspecified atom stereocenters. The lowest BCUT2D eigenvalue weighted by Gasteiger charge is -2.41. The molecule has 2 saturated heterocycles. The van der Waals surface area contributed by atoms with Gasteiger partial charge in [0.1, 0.15) is 12.4 Å². The van der Waals surface area contributed by atoms with E-state index in [0.717, 1.165) is 24.0 Å². The number of benzene rings is 1. The summed E-state index contributed by atoms with van der Waals surface area (Å²) in [6.45, 7) is 5.35. The molecule has 2 aromatic rings. The first-order valence-corrected chi connectivity index (χ1v) is 13.0. The smallest absolute Gasteiger partial charge is 0.416 e. The van der Waals surface area contributed by atoms with Crippen molar-refractivity contribution in [3.05, 3.63) is 47.7 Å². The van der Waals surface area contributed by atoms with Crippen molar-refractivity contribution in [1.82, 2.24) is 19.8 Å². The van der Waals surface area contributed by atoms with Gasteiger partial charge in [-0.15, -0.1) is 0 Å². The Morgan fingerprint density at radius 3 is 2.57 bits per heavy atom. The van der Waals surface area contributed by atoms with Crippen molar-refractivity contribution in [2.45, 2.75) is 63.2 Å². The summed E-state index contributed by atoms with van der Waals surface area (Å²) in [5, 5.41) is 3.32. The Kier molecular flexibility index (Phi) is 6.83. The van der Waals surface area contributed by atoms with Crippen LogP contribution >= 0.6 is 0 Å². The molecule has 37 heavy (non-hydrogen) atoms. The molecule has 0 bridgehead atoms. The number of amides is 1. The Labute approximate surface area is 217 Å². The molecule has 3 atom stereocenters. The SMILES string of the molecule is C[C@H](Nc1nccc(N2C(=O)OC[C@]2(C)C2CC2)n1)c1ccc(CN2CCC(N(C)C)C(F)(F)C2)cc1. The number of carbonyl (C=O) groups excluding carboxylic acids is 1. The van der Waals surface area contributed by atoms with Crippen LogP contribution < -0.4 is 10.2 Å². The number of aromatic nitrogens is 2. The fraction of sp³-hybridized carbons (Fsp3) is 0.593. The summed E-state index contributed by atoms with van der Waals surface area (Å²) >= 11 is 0. The highest BCUT2D eigenvalue weighted by Gasteiger charge is 2.54. The molecule has 2 aliphatic heterocycles. The molecule has 5 rings (SSSR count). The second-order valence-corrected chi connectivity index (χ2v) is 11.1. The summed E-state index contributed by atoms with van der Waals surface area (Å²) in [6, 6.07) is 8.92. The summed E-state index contributed by atoms with van der Waals surface area (Å²) in [7, 11) is 3.43. The van der Waals surface area contributed by atoms with Crippen LogP contribution in [0.25, 0.3) is 0 Å².